The van der Waals surface area contributed by atoms with Crippen LogP contribution >= 0.6 is 47.0 Å². The molecular weight excluding hydrogens is 565 g/mol. The Morgan fingerprint density at radius 1 is 0.475 bits per heavy atom. The second kappa shape index (κ2) is 10.3. The summed E-state index contributed by atoms with van der Waals surface area (Å²) in [6.07, 6.45) is 0. The molecular formula is C34H30N2S4. The molecule has 4 heterocycles. The minimum Gasteiger partial charge on any atom is -0.287 e. The zero-order valence-electron chi connectivity index (χ0n) is 22.6. The fourth-order valence-electron chi connectivity index (χ4n) is 6.39. The highest BCUT2D eigenvalue weighted by Gasteiger charge is 2.38. The molecule has 2 atom stereocenters. The smallest absolute Gasteiger partial charge is 0.0700 e. The van der Waals surface area contributed by atoms with Crippen molar-refractivity contribution in [2.75, 3.05) is 26.2 Å². The summed E-state index contributed by atoms with van der Waals surface area (Å²) in [5, 5.41) is 5.44. The lowest BCUT2D eigenvalue weighted by Crippen LogP contribution is -2.25. The Morgan fingerprint density at radius 2 is 0.825 bits per heavy atom. The van der Waals surface area contributed by atoms with E-state index >= 15 is 0 Å². The molecule has 2 nitrogen and oxygen atoms in total. The first kappa shape index (κ1) is 25.6. The lowest BCUT2D eigenvalue weighted by Gasteiger charge is -2.27. The Labute approximate surface area is 253 Å². The highest BCUT2D eigenvalue weighted by atomic mass is 32.2. The highest BCUT2D eigenvalue weighted by Crippen LogP contribution is 2.62. The quantitative estimate of drug-likeness (QED) is 0.230. The number of benzene rings is 4. The summed E-state index contributed by atoms with van der Waals surface area (Å²) in [5.74, 6) is 0. The molecule has 0 saturated carbocycles. The van der Waals surface area contributed by atoms with Crippen LogP contribution < -0.4 is 0 Å². The van der Waals surface area contributed by atoms with E-state index in [0.717, 1.165) is 26.2 Å². The van der Waals surface area contributed by atoms with Gasteiger partial charge in [-0.3, -0.25) is 9.80 Å². The third-order valence-corrected chi connectivity index (χ3v) is 14.5. The van der Waals surface area contributed by atoms with Gasteiger partial charge in [-0.15, -0.1) is 0 Å². The number of nitrogens with zero attached hydrogens (tertiary/aromatic N) is 2. The van der Waals surface area contributed by atoms with E-state index in [2.05, 4.69) is 109 Å². The summed E-state index contributed by atoms with van der Waals surface area (Å²) >= 11 is 8.16. The summed E-state index contributed by atoms with van der Waals surface area (Å²) in [4.78, 5) is 11.6. The van der Waals surface area contributed by atoms with Gasteiger partial charge in [-0.1, -0.05) is 132 Å². The fraction of sp³-hybridized carbons (Fsp3) is 0.235. The third kappa shape index (κ3) is 4.39. The van der Waals surface area contributed by atoms with Crippen molar-refractivity contribution in [1.82, 2.24) is 9.80 Å². The molecule has 0 unspecified atom stereocenters. The van der Waals surface area contributed by atoms with E-state index in [-0.39, 0.29) is 0 Å². The van der Waals surface area contributed by atoms with Crippen LogP contribution in [-0.2, 0) is 0 Å². The minimum absolute atomic E-state index is 0.407. The Bertz CT molecular complexity index is 1590. The van der Waals surface area contributed by atoms with E-state index in [9.17, 15) is 0 Å². The van der Waals surface area contributed by atoms with Gasteiger partial charge in [0.25, 0.3) is 0 Å². The van der Waals surface area contributed by atoms with Gasteiger partial charge in [0.05, 0.1) is 8.47 Å². The molecule has 4 aromatic rings. The molecule has 4 aliphatic rings. The molecule has 0 N–H and O–H groups in total. The molecule has 0 amide bonds. The van der Waals surface area contributed by atoms with Gasteiger partial charge in [0, 0.05) is 57.9 Å². The molecule has 0 bridgehead atoms. The van der Waals surface area contributed by atoms with E-state index in [1.54, 1.807) is 19.6 Å². The minimum atomic E-state index is 0.407. The zero-order valence-corrected chi connectivity index (χ0v) is 25.9. The van der Waals surface area contributed by atoms with Crippen molar-refractivity contribution in [3.8, 4) is 0 Å². The molecule has 40 heavy (non-hydrogen) atoms. The lowest BCUT2D eigenvalue weighted by molar-refractivity contribution is 0.274. The first-order chi connectivity index (χ1) is 19.6. The van der Waals surface area contributed by atoms with Crippen molar-refractivity contribution in [1.29, 1.82) is 0 Å². The second-order valence-corrected chi connectivity index (χ2v) is 15.9. The largest absolute Gasteiger partial charge is 0.287 e. The zero-order chi connectivity index (χ0) is 26.8. The molecule has 8 rings (SSSR count). The molecule has 0 aliphatic carbocycles. The number of thioether (sulfide) groups is 4. The standard InChI is InChI=1S/C34H30N2S4/c1-21(25-15-7-11-23-9-3-5-13-27(23)25)35-17-29-30(18-35)38-33(37-29)34-39-31-19-36(20-32(31)40-34)22(2)26-16-8-12-24-10-4-6-14-28(24)26/h3-16,21-22H,17-20H2,1-2H3/t21-,22-/m1/s1. The van der Waals surface area contributed by atoms with Crippen molar-refractivity contribution in [2.24, 2.45) is 0 Å². The molecule has 0 spiro atoms. The topological polar surface area (TPSA) is 6.48 Å². The molecule has 0 radical (unpaired) electrons. The average Bonchev–Trinajstić information content (AvgIpc) is 3.75. The molecule has 6 heteroatoms. The second-order valence-electron chi connectivity index (χ2n) is 11.0. The van der Waals surface area contributed by atoms with Crippen LogP contribution in [0, 0.1) is 0 Å². The SMILES string of the molecule is C[C@H](c1cccc2ccccc12)N1CC2=C(C1)SC(=C1SC3=C(CN([C@H](C)c4cccc5ccccc45)C3)S1)S2. The van der Waals surface area contributed by atoms with Crippen molar-refractivity contribution in [3.05, 3.63) is 124 Å². The molecule has 200 valence electrons. The lowest BCUT2D eigenvalue weighted by atomic mass is 9.99. The number of hydrogen-bond donors (Lipinski definition) is 0. The number of hydrogen-bond acceptors (Lipinski definition) is 6. The summed E-state index contributed by atoms with van der Waals surface area (Å²) in [7, 11) is 0. The number of fused-ring (bicyclic) bond motifs is 2. The van der Waals surface area contributed by atoms with E-state index in [0.29, 0.717) is 12.1 Å². The summed E-state index contributed by atoms with van der Waals surface area (Å²) in [6, 6.07) is 31.9. The van der Waals surface area contributed by atoms with Gasteiger partial charge in [-0.25, -0.2) is 0 Å². The van der Waals surface area contributed by atoms with Gasteiger partial charge in [-0.2, -0.15) is 0 Å². The predicted molar refractivity (Wildman–Crippen MR) is 179 cm³/mol. The van der Waals surface area contributed by atoms with E-state index < -0.39 is 0 Å². The van der Waals surface area contributed by atoms with Gasteiger partial charge in [0.1, 0.15) is 0 Å². The predicted octanol–water partition coefficient (Wildman–Crippen LogP) is 9.96. The van der Waals surface area contributed by atoms with Gasteiger partial charge in [-0.05, 0) is 46.5 Å². The summed E-state index contributed by atoms with van der Waals surface area (Å²) in [6.45, 7) is 9.00. The van der Waals surface area contributed by atoms with E-state index in [4.69, 9.17) is 0 Å². The fourth-order valence-corrected chi connectivity index (χ4v) is 12.3. The Morgan fingerprint density at radius 3 is 1.23 bits per heavy atom. The van der Waals surface area contributed by atoms with Crippen molar-refractivity contribution < 1.29 is 0 Å². The average molecular weight is 595 g/mol. The van der Waals surface area contributed by atoms with Crippen LogP contribution in [0.25, 0.3) is 21.5 Å². The van der Waals surface area contributed by atoms with Gasteiger partial charge in [0.2, 0.25) is 0 Å². The first-order valence-corrected chi connectivity index (χ1v) is 17.2. The molecule has 0 aromatic heterocycles. The maximum atomic E-state index is 2.65. The van der Waals surface area contributed by atoms with Crippen molar-refractivity contribution >= 4 is 68.6 Å². The van der Waals surface area contributed by atoms with Gasteiger partial charge < -0.3 is 0 Å². The maximum Gasteiger partial charge on any atom is 0.0700 e. The molecule has 0 saturated heterocycles. The van der Waals surface area contributed by atoms with Crippen LogP contribution in [0.15, 0.2) is 113 Å². The van der Waals surface area contributed by atoms with Crippen LogP contribution in [-0.4, -0.2) is 36.0 Å². The van der Waals surface area contributed by atoms with Gasteiger partial charge in [0.15, 0.2) is 0 Å². The molecule has 4 aliphatic heterocycles. The van der Waals surface area contributed by atoms with Crippen molar-refractivity contribution in [3.63, 3.8) is 0 Å². The van der Waals surface area contributed by atoms with Crippen LogP contribution in [0.5, 0.6) is 0 Å². The van der Waals surface area contributed by atoms with E-state index in [1.807, 2.05) is 47.0 Å². The first-order valence-electron chi connectivity index (χ1n) is 14.0. The van der Waals surface area contributed by atoms with Gasteiger partial charge >= 0.3 is 0 Å². The van der Waals surface area contributed by atoms with Crippen LogP contribution in [0.3, 0.4) is 0 Å². The Hall–Kier alpha value is -2.06. The van der Waals surface area contributed by atoms with Crippen molar-refractivity contribution in [2.45, 2.75) is 25.9 Å². The van der Waals surface area contributed by atoms with Crippen LogP contribution in [0.2, 0.25) is 0 Å². The molecule has 0 fully saturated rings. The maximum absolute atomic E-state index is 2.65. The normalized spacial score (nSPS) is 21.2. The number of rotatable bonds is 4. The Kier molecular flexibility index (Phi) is 6.62. The summed E-state index contributed by atoms with van der Waals surface area (Å²) in [5.41, 5.74) is 2.88. The Balaban J connectivity index is 0.921. The molecule has 4 aromatic carbocycles. The summed E-state index contributed by atoms with van der Waals surface area (Å²) < 4.78 is 3.03. The van der Waals surface area contributed by atoms with Crippen LogP contribution in [0.4, 0.5) is 0 Å². The third-order valence-electron chi connectivity index (χ3n) is 8.68. The highest BCUT2D eigenvalue weighted by molar-refractivity contribution is 8.34. The monoisotopic (exact) mass is 594 g/mol. The van der Waals surface area contributed by atoms with Crippen LogP contribution in [0.1, 0.15) is 37.1 Å². The van der Waals surface area contributed by atoms with E-state index in [1.165, 1.54) is 41.1 Å².